The van der Waals surface area contributed by atoms with Gasteiger partial charge in [0.25, 0.3) is 15.9 Å². The highest BCUT2D eigenvalue weighted by atomic mass is 32.2. The number of amides is 1. The van der Waals surface area contributed by atoms with Crippen LogP contribution >= 0.6 is 0 Å². The SMILES string of the molecule is CNC(=O)c1ccc(S(=O)(=O)NN)cc1. The van der Waals surface area contributed by atoms with Crippen LogP contribution in [0.3, 0.4) is 0 Å². The summed E-state index contributed by atoms with van der Waals surface area (Å²) in [6, 6.07) is 5.42. The average molecular weight is 229 g/mol. The monoisotopic (exact) mass is 229 g/mol. The lowest BCUT2D eigenvalue weighted by Crippen LogP contribution is -2.30. The number of hydrogen-bond donors (Lipinski definition) is 3. The Labute approximate surface area is 87.5 Å². The van der Waals surface area contributed by atoms with Crippen molar-refractivity contribution in [2.24, 2.45) is 5.84 Å². The molecule has 1 amide bonds. The second-order valence-electron chi connectivity index (χ2n) is 2.72. The average Bonchev–Trinajstić information content (AvgIpc) is 2.28. The molecule has 0 heterocycles. The van der Waals surface area contributed by atoms with E-state index in [1.165, 1.54) is 31.3 Å². The van der Waals surface area contributed by atoms with Crippen LogP contribution in [0, 0.1) is 0 Å². The van der Waals surface area contributed by atoms with Crippen molar-refractivity contribution in [1.29, 1.82) is 0 Å². The van der Waals surface area contributed by atoms with Crippen LogP contribution in [0.5, 0.6) is 0 Å². The second kappa shape index (κ2) is 4.39. The van der Waals surface area contributed by atoms with Crippen LogP contribution in [-0.4, -0.2) is 21.4 Å². The molecule has 0 radical (unpaired) electrons. The molecular weight excluding hydrogens is 218 g/mol. The van der Waals surface area contributed by atoms with Crippen molar-refractivity contribution in [2.45, 2.75) is 4.90 Å². The van der Waals surface area contributed by atoms with Crippen LogP contribution < -0.4 is 16.0 Å². The van der Waals surface area contributed by atoms with Gasteiger partial charge in [-0.1, -0.05) is 0 Å². The molecule has 1 aromatic carbocycles. The van der Waals surface area contributed by atoms with Gasteiger partial charge in [0.2, 0.25) is 0 Å². The normalized spacial score (nSPS) is 11.1. The molecule has 0 aliphatic heterocycles. The summed E-state index contributed by atoms with van der Waals surface area (Å²) < 4.78 is 22.4. The topological polar surface area (TPSA) is 101 Å². The van der Waals surface area contributed by atoms with Crippen molar-refractivity contribution < 1.29 is 13.2 Å². The lowest BCUT2D eigenvalue weighted by molar-refractivity contribution is 0.0963. The van der Waals surface area contributed by atoms with Gasteiger partial charge in [-0.2, -0.15) is 4.83 Å². The molecule has 82 valence electrons. The molecule has 1 aromatic rings. The van der Waals surface area contributed by atoms with Crippen molar-refractivity contribution in [2.75, 3.05) is 7.05 Å². The minimum Gasteiger partial charge on any atom is -0.355 e. The van der Waals surface area contributed by atoms with Gasteiger partial charge in [-0.15, -0.1) is 0 Å². The Kier molecular flexibility index (Phi) is 3.40. The minimum atomic E-state index is -3.65. The number of benzene rings is 1. The first-order chi connectivity index (χ1) is 7.01. The Hall–Kier alpha value is -1.44. The van der Waals surface area contributed by atoms with E-state index in [0.29, 0.717) is 5.56 Å². The van der Waals surface area contributed by atoms with Gasteiger partial charge in [0, 0.05) is 12.6 Å². The fraction of sp³-hybridized carbons (Fsp3) is 0.125. The smallest absolute Gasteiger partial charge is 0.253 e. The third kappa shape index (κ3) is 2.52. The van der Waals surface area contributed by atoms with Crippen LogP contribution in [-0.2, 0) is 10.0 Å². The Morgan fingerprint density at radius 1 is 1.27 bits per heavy atom. The molecular formula is C8H11N3O3S. The van der Waals surface area contributed by atoms with Crippen molar-refractivity contribution >= 4 is 15.9 Å². The third-order valence-corrected chi connectivity index (χ3v) is 3.01. The molecule has 4 N–H and O–H groups in total. The lowest BCUT2D eigenvalue weighted by Gasteiger charge is -2.03. The third-order valence-electron chi connectivity index (χ3n) is 1.81. The molecule has 1 rings (SSSR count). The molecule has 15 heavy (non-hydrogen) atoms. The van der Waals surface area contributed by atoms with Gasteiger partial charge in [0.15, 0.2) is 0 Å². The van der Waals surface area contributed by atoms with E-state index in [-0.39, 0.29) is 10.8 Å². The molecule has 0 aliphatic carbocycles. The van der Waals surface area contributed by atoms with E-state index < -0.39 is 10.0 Å². The van der Waals surface area contributed by atoms with Crippen molar-refractivity contribution in [3.05, 3.63) is 29.8 Å². The molecule has 0 atom stereocenters. The summed E-state index contributed by atoms with van der Waals surface area (Å²) in [6.07, 6.45) is 0. The van der Waals surface area contributed by atoms with Crippen LogP contribution in [0.4, 0.5) is 0 Å². The Bertz CT molecular complexity index is 453. The molecule has 0 unspecified atom stereocenters. The summed E-state index contributed by atoms with van der Waals surface area (Å²) in [5.41, 5.74) is 0.383. The highest BCUT2D eigenvalue weighted by Crippen LogP contribution is 2.09. The lowest BCUT2D eigenvalue weighted by atomic mass is 10.2. The molecule has 0 aromatic heterocycles. The van der Waals surface area contributed by atoms with Crippen LogP contribution in [0.15, 0.2) is 29.2 Å². The summed E-state index contributed by atoms with van der Waals surface area (Å²) in [5, 5.41) is 2.42. The van der Waals surface area contributed by atoms with Crippen molar-refractivity contribution in [3.8, 4) is 0 Å². The molecule has 0 bridgehead atoms. The van der Waals surface area contributed by atoms with E-state index >= 15 is 0 Å². The largest absolute Gasteiger partial charge is 0.355 e. The van der Waals surface area contributed by atoms with Crippen LogP contribution in [0.1, 0.15) is 10.4 Å². The zero-order valence-corrected chi connectivity index (χ0v) is 8.84. The Morgan fingerprint density at radius 3 is 2.20 bits per heavy atom. The van der Waals surface area contributed by atoms with E-state index in [2.05, 4.69) is 5.32 Å². The van der Waals surface area contributed by atoms with Crippen LogP contribution in [0.2, 0.25) is 0 Å². The number of nitrogens with two attached hydrogens (primary N) is 1. The molecule has 0 saturated carbocycles. The van der Waals surface area contributed by atoms with E-state index in [1.54, 1.807) is 4.83 Å². The highest BCUT2D eigenvalue weighted by molar-refractivity contribution is 7.89. The highest BCUT2D eigenvalue weighted by Gasteiger charge is 2.12. The minimum absolute atomic E-state index is 0.0117. The van der Waals surface area contributed by atoms with Gasteiger partial charge < -0.3 is 5.32 Å². The zero-order chi connectivity index (χ0) is 11.5. The standard InChI is InChI=1S/C8H11N3O3S/c1-10-8(12)6-2-4-7(5-3-6)15(13,14)11-9/h2-5,11H,9H2,1H3,(H,10,12). The summed E-state index contributed by atoms with van der Waals surface area (Å²) in [5.74, 6) is 4.57. The molecule has 7 heteroatoms. The van der Waals surface area contributed by atoms with Crippen LogP contribution in [0.25, 0.3) is 0 Å². The fourth-order valence-corrected chi connectivity index (χ4v) is 1.63. The van der Waals surface area contributed by atoms with Gasteiger partial charge in [-0.05, 0) is 24.3 Å². The van der Waals surface area contributed by atoms with Crippen molar-refractivity contribution in [3.63, 3.8) is 0 Å². The molecule has 0 aliphatic rings. The van der Waals surface area contributed by atoms with Gasteiger partial charge in [-0.3, -0.25) is 10.6 Å². The van der Waals surface area contributed by atoms with Gasteiger partial charge >= 0.3 is 0 Å². The summed E-state index contributed by atoms with van der Waals surface area (Å²) >= 11 is 0. The fourth-order valence-electron chi connectivity index (χ4n) is 0.998. The van der Waals surface area contributed by atoms with E-state index in [1.807, 2.05) is 0 Å². The predicted molar refractivity (Wildman–Crippen MR) is 54.3 cm³/mol. The van der Waals surface area contributed by atoms with E-state index in [0.717, 1.165) is 0 Å². The van der Waals surface area contributed by atoms with Gasteiger partial charge in [0.05, 0.1) is 4.90 Å². The predicted octanol–water partition coefficient (Wildman–Crippen LogP) is -0.802. The first kappa shape index (κ1) is 11.6. The number of carbonyl (C=O) groups is 1. The molecule has 6 nitrogen and oxygen atoms in total. The second-order valence-corrected chi connectivity index (χ2v) is 4.44. The maximum absolute atomic E-state index is 11.2. The quantitative estimate of drug-likeness (QED) is 0.466. The van der Waals surface area contributed by atoms with Gasteiger partial charge in [0.1, 0.15) is 0 Å². The maximum Gasteiger partial charge on any atom is 0.253 e. The number of nitrogens with one attached hydrogen (secondary N) is 2. The number of rotatable bonds is 3. The Balaban J connectivity index is 3.06. The summed E-state index contributed by atoms with van der Waals surface area (Å²) in [4.78, 5) is 12.8. The number of hydrogen-bond acceptors (Lipinski definition) is 4. The number of sulfonamides is 1. The summed E-state index contributed by atoms with van der Waals surface area (Å²) in [7, 11) is -2.16. The Morgan fingerprint density at radius 2 is 1.80 bits per heavy atom. The zero-order valence-electron chi connectivity index (χ0n) is 8.02. The molecule has 0 spiro atoms. The number of carbonyl (C=O) groups excluding carboxylic acids is 1. The first-order valence-corrected chi connectivity index (χ1v) is 5.54. The molecule has 0 saturated heterocycles. The van der Waals surface area contributed by atoms with E-state index in [4.69, 9.17) is 5.84 Å². The first-order valence-electron chi connectivity index (χ1n) is 4.06. The number of hydrazine groups is 1. The van der Waals surface area contributed by atoms with Crippen molar-refractivity contribution in [1.82, 2.24) is 10.1 Å². The van der Waals surface area contributed by atoms with E-state index in [9.17, 15) is 13.2 Å². The molecule has 0 fully saturated rings. The maximum atomic E-state index is 11.2. The van der Waals surface area contributed by atoms with Gasteiger partial charge in [-0.25, -0.2) is 8.42 Å². The summed E-state index contributed by atoms with van der Waals surface area (Å²) in [6.45, 7) is 0.